The van der Waals surface area contributed by atoms with Crippen LogP contribution in [0.2, 0.25) is 0 Å². The maximum atomic E-state index is 12.8. The molecule has 2 aromatic rings. The molecule has 0 aliphatic heterocycles. The molecule has 0 aliphatic carbocycles. The van der Waals surface area contributed by atoms with Crippen molar-refractivity contribution in [2.45, 2.75) is 187 Å². The van der Waals surface area contributed by atoms with E-state index in [-0.39, 0.29) is 25.2 Å². The summed E-state index contributed by atoms with van der Waals surface area (Å²) in [7, 11) is 1.64. The summed E-state index contributed by atoms with van der Waals surface area (Å²) in [5.41, 5.74) is 2.50. The summed E-state index contributed by atoms with van der Waals surface area (Å²) in [4.78, 5) is 25.3. The molecule has 1 atom stereocenters. The SMILES string of the molecule is CCCCCCCCCCCCCCCCC(=O)OC(COCc1ccc(OC)cc1)COC(=O)CCCCCCCCCCCc1c(I)cc(I)cc1I. The smallest absolute Gasteiger partial charge is 0.306 e. The standard InChI is InChI=1S/C46H71I3O6/c1-3-4-5-6-7-8-9-10-11-12-15-19-22-25-28-46(51)55-41(36-53-35-38-29-31-40(52-2)32-30-38)37-54-45(50)27-24-21-18-16-13-14-17-20-23-26-42-43(48)33-39(47)34-44(42)49/h29-34,41H,3-28,35-37H2,1-2H3. The molecule has 1 unspecified atom stereocenters. The number of ether oxygens (including phenoxy) is 4. The molecule has 0 N–H and O–H groups in total. The van der Waals surface area contributed by atoms with E-state index in [4.69, 9.17) is 18.9 Å². The average molecular weight is 1100 g/mol. The Balaban J connectivity index is 1.57. The third-order valence-corrected chi connectivity index (χ3v) is 12.7. The highest BCUT2D eigenvalue weighted by Gasteiger charge is 2.18. The summed E-state index contributed by atoms with van der Waals surface area (Å²) in [6, 6.07) is 12.2. The van der Waals surface area contributed by atoms with Crippen LogP contribution in [0, 0.1) is 10.7 Å². The van der Waals surface area contributed by atoms with Crippen molar-refractivity contribution >= 4 is 79.7 Å². The largest absolute Gasteiger partial charge is 0.497 e. The van der Waals surface area contributed by atoms with E-state index in [1.165, 1.54) is 132 Å². The van der Waals surface area contributed by atoms with Gasteiger partial charge in [-0.1, -0.05) is 147 Å². The Kier molecular flexibility index (Phi) is 31.4. The van der Waals surface area contributed by atoms with Crippen molar-refractivity contribution in [1.82, 2.24) is 0 Å². The van der Waals surface area contributed by atoms with Crippen LogP contribution in [0.1, 0.15) is 179 Å². The van der Waals surface area contributed by atoms with Crippen LogP contribution < -0.4 is 4.74 Å². The maximum Gasteiger partial charge on any atom is 0.306 e. The predicted molar refractivity (Wildman–Crippen MR) is 253 cm³/mol. The second-order valence-corrected chi connectivity index (χ2v) is 18.6. The van der Waals surface area contributed by atoms with Gasteiger partial charge in [-0.15, -0.1) is 0 Å². The minimum Gasteiger partial charge on any atom is -0.497 e. The van der Waals surface area contributed by atoms with Crippen molar-refractivity contribution in [3.8, 4) is 5.75 Å². The van der Waals surface area contributed by atoms with Gasteiger partial charge in [0.2, 0.25) is 0 Å². The number of methoxy groups -OCH3 is 1. The molecule has 0 heterocycles. The highest BCUT2D eigenvalue weighted by molar-refractivity contribution is 14.1. The molecule has 0 saturated heterocycles. The van der Waals surface area contributed by atoms with Crippen molar-refractivity contribution in [1.29, 1.82) is 0 Å². The van der Waals surface area contributed by atoms with Crippen molar-refractivity contribution < 1.29 is 28.5 Å². The number of unbranched alkanes of at least 4 members (excludes halogenated alkanes) is 21. The van der Waals surface area contributed by atoms with Gasteiger partial charge in [0, 0.05) is 23.6 Å². The number of carbonyl (C=O) groups excluding carboxylic acids is 2. The van der Waals surface area contributed by atoms with Crippen molar-refractivity contribution in [3.05, 3.63) is 58.2 Å². The average Bonchev–Trinajstić information content (AvgIpc) is 3.17. The maximum absolute atomic E-state index is 12.8. The summed E-state index contributed by atoms with van der Waals surface area (Å²) in [5.74, 6) is 0.305. The highest BCUT2D eigenvalue weighted by Crippen LogP contribution is 2.25. The number of carbonyl (C=O) groups is 2. The number of benzene rings is 2. The third kappa shape index (κ3) is 26.9. The van der Waals surface area contributed by atoms with Crippen molar-refractivity contribution in [3.63, 3.8) is 0 Å². The monoisotopic (exact) mass is 1100 g/mol. The fourth-order valence-corrected chi connectivity index (χ4v) is 10.9. The molecule has 0 radical (unpaired) electrons. The summed E-state index contributed by atoms with van der Waals surface area (Å²) < 4.78 is 26.6. The van der Waals surface area contributed by atoms with Gasteiger partial charge in [0.05, 0.1) is 20.3 Å². The zero-order chi connectivity index (χ0) is 39.8. The molecule has 0 amide bonds. The van der Waals surface area contributed by atoms with E-state index in [2.05, 4.69) is 86.8 Å². The van der Waals surface area contributed by atoms with Crippen LogP contribution in [0.15, 0.2) is 36.4 Å². The molecule has 0 aliphatic rings. The number of hydrogen-bond donors (Lipinski definition) is 0. The van der Waals surface area contributed by atoms with Gasteiger partial charge in [0.1, 0.15) is 12.4 Å². The van der Waals surface area contributed by atoms with E-state index < -0.39 is 6.10 Å². The molecule has 0 bridgehead atoms. The van der Waals surface area contributed by atoms with E-state index in [0.29, 0.717) is 19.4 Å². The Bertz CT molecular complexity index is 1250. The van der Waals surface area contributed by atoms with E-state index in [1.54, 1.807) is 7.11 Å². The van der Waals surface area contributed by atoms with Gasteiger partial charge in [0.15, 0.2) is 6.10 Å². The van der Waals surface area contributed by atoms with Gasteiger partial charge >= 0.3 is 11.9 Å². The lowest BCUT2D eigenvalue weighted by Crippen LogP contribution is -2.29. The fourth-order valence-electron chi connectivity index (χ4n) is 6.73. The van der Waals surface area contributed by atoms with E-state index in [9.17, 15) is 9.59 Å². The summed E-state index contributed by atoms with van der Waals surface area (Å²) >= 11 is 7.34. The number of esters is 2. The van der Waals surface area contributed by atoms with Gasteiger partial charge in [-0.25, -0.2) is 0 Å². The van der Waals surface area contributed by atoms with E-state index in [0.717, 1.165) is 49.8 Å². The molecule has 0 aromatic heterocycles. The summed E-state index contributed by atoms with van der Waals surface area (Å²) in [5, 5.41) is 0. The molecule has 0 fully saturated rings. The summed E-state index contributed by atoms with van der Waals surface area (Å²) in [6.45, 7) is 2.84. The molecule has 6 nitrogen and oxygen atoms in total. The summed E-state index contributed by atoms with van der Waals surface area (Å²) in [6.07, 6.45) is 29.7. The second kappa shape index (κ2) is 34.2. The topological polar surface area (TPSA) is 71.1 Å². The predicted octanol–water partition coefficient (Wildman–Crippen LogP) is 14.5. The van der Waals surface area contributed by atoms with Gasteiger partial charge in [-0.3, -0.25) is 9.59 Å². The molecule has 312 valence electrons. The first kappa shape index (κ1) is 50.5. The molecule has 2 aromatic carbocycles. The number of halogens is 3. The molecule has 2 rings (SSSR count). The van der Waals surface area contributed by atoms with Crippen LogP contribution in [0.3, 0.4) is 0 Å². The molecular weight excluding hydrogens is 1030 g/mol. The quantitative estimate of drug-likeness (QED) is 0.0389. The lowest BCUT2D eigenvalue weighted by atomic mass is 10.0. The normalized spacial score (nSPS) is 11.8. The number of hydrogen-bond acceptors (Lipinski definition) is 6. The fraction of sp³-hybridized carbons (Fsp3) is 0.696. The first-order valence-corrected chi connectivity index (χ1v) is 24.7. The van der Waals surface area contributed by atoms with Gasteiger partial charge in [-0.2, -0.15) is 0 Å². The third-order valence-electron chi connectivity index (χ3n) is 10.1. The molecular formula is C46H71I3O6. The zero-order valence-corrected chi connectivity index (χ0v) is 40.6. The van der Waals surface area contributed by atoms with Crippen molar-refractivity contribution in [2.24, 2.45) is 0 Å². The Labute approximate surface area is 375 Å². The number of rotatable bonds is 35. The molecule has 9 heteroatoms. The van der Waals surface area contributed by atoms with Crippen LogP contribution in [0.4, 0.5) is 0 Å². The van der Waals surface area contributed by atoms with Crippen LogP contribution in [0.25, 0.3) is 0 Å². The lowest BCUT2D eigenvalue weighted by molar-refractivity contribution is -0.163. The first-order chi connectivity index (χ1) is 26.8. The highest BCUT2D eigenvalue weighted by atomic mass is 127. The molecule has 0 saturated carbocycles. The Morgan fingerprint density at radius 1 is 0.582 bits per heavy atom. The zero-order valence-electron chi connectivity index (χ0n) is 34.1. The van der Waals surface area contributed by atoms with Gasteiger partial charge in [0.25, 0.3) is 0 Å². The van der Waals surface area contributed by atoms with Gasteiger partial charge < -0.3 is 18.9 Å². The second-order valence-electron chi connectivity index (χ2n) is 15.0. The van der Waals surface area contributed by atoms with E-state index >= 15 is 0 Å². The van der Waals surface area contributed by atoms with Gasteiger partial charge in [-0.05, 0) is 129 Å². The minimum atomic E-state index is -0.620. The molecule has 0 spiro atoms. The first-order valence-electron chi connectivity index (χ1n) is 21.5. The molecule has 55 heavy (non-hydrogen) atoms. The minimum absolute atomic E-state index is 0.0216. The van der Waals surface area contributed by atoms with Crippen LogP contribution >= 0.6 is 67.8 Å². The van der Waals surface area contributed by atoms with Crippen LogP contribution in [0.5, 0.6) is 5.75 Å². The Morgan fingerprint density at radius 2 is 1.04 bits per heavy atom. The Morgan fingerprint density at radius 3 is 1.53 bits per heavy atom. The van der Waals surface area contributed by atoms with Crippen LogP contribution in [-0.4, -0.2) is 38.4 Å². The van der Waals surface area contributed by atoms with Crippen LogP contribution in [-0.2, 0) is 36.8 Å². The Hall–Kier alpha value is -0.670. The lowest BCUT2D eigenvalue weighted by Gasteiger charge is -2.18. The van der Waals surface area contributed by atoms with Crippen molar-refractivity contribution in [2.75, 3.05) is 20.3 Å². The van der Waals surface area contributed by atoms with E-state index in [1.807, 2.05) is 24.3 Å².